The van der Waals surface area contributed by atoms with E-state index in [9.17, 15) is 14.7 Å². The molecule has 0 bridgehead atoms. The third kappa shape index (κ3) is 5.11. The Morgan fingerprint density at radius 3 is 2.32 bits per heavy atom. The van der Waals surface area contributed by atoms with Gasteiger partial charge in [0.05, 0.1) is 19.6 Å². The van der Waals surface area contributed by atoms with Gasteiger partial charge in [-0.3, -0.25) is 14.5 Å². The zero-order valence-electron chi connectivity index (χ0n) is 21.1. The number of aryl methyl sites for hydroxylation is 2. The summed E-state index contributed by atoms with van der Waals surface area (Å²) in [6.45, 7) is 4.56. The monoisotopic (exact) mass is 502 g/mol. The van der Waals surface area contributed by atoms with Gasteiger partial charge in [0.1, 0.15) is 5.75 Å². The number of hydrogen-bond acceptors (Lipinski definition) is 6. The smallest absolute Gasteiger partial charge is 0.309 e. The van der Waals surface area contributed by atoms with E-state index in [0.717, 1.165) is 27.9 Å². The van der Waals surface area contributed by atoms with Gasteiger partial charge in [0.2, 0.25) is 12.7 Å². The second-order valence-electron chi connectivity index (χ2n) is 9.66. The quantitative estimate of drug-likeness (QED) is 0.490. The molecule has 2 aliphatic rings. The molecule has 3 unspecified atom stereocenters. The summed E-state index contributed by atoms with van der Waals surface area (Å²) in [4.78, 5) is 27.9. The van der Waals surface area contributed by atoms with Crippen LogP contribution < -0.4 is 19.5 Å². The van der Waals surface area contributed by atoms with Gasteiger partial charge in [-0.2, -0.15) is 0 Å². The highest BCUT2D eigenvalue weighted by Crippen LogP contribution is 2.47. The number of fused-ring (bicyclic) bond motifs is 1. The topological polar surface area (TPSA) is 97.3 Å². The van der Waals surface area contributed by atoms with Crippen LogP contribution in [0.2, 0.25) is 0 Å². The first-order chi connectivity index (χ1) is 17.8. The van der Waals surface area contributed by atoms with E-state index in [1.807, 2.05) is 79.4 Å². The molecule has 1 saturated heterocycles. The molecule has 37 heavy (non-hydrogen) atoms. The van der Waals surface area contributed by atoms with Crippen LogP contribution in [0.5, 0.6) is 17.2 Å². The van der Waals surface area contributed by atoms with Crippen molar-refractivity contribution in [1.82, 2.24) is 4.90 Å². The predicted octanol–water partition coefficient (Wildman–Crippen LogP) is 4.52. The standard InChI is InChI=1S/C29H30N2O6/c1-17-10-18(2)12-21(11-17)30-26(32)15-31-14-23(20-6-9-24-25(13-20)37-16-36-24)27(29(33)34)28(31)19-4-7-22(35-3)8-5-19/h4-13,23,27-28H,14-16H2,1-3H3,(H,30,32)(H,33,34). The molecular formula is C29H30N2O6. The van der Waals surface area contributed by atoms with E-state index in [4.69, 9.17) is 14.2 Å². The fraction of sp³-hybridized carbons (Fsp3) is 0.310. The Kier molecular flexibility index (Phi) is 6.76. The Morgan fingerprint density at radius 1 is 0.973 bits per heavy atom. The molecule has 1 fully saturated rings. The van der Waals surface area contributed by atoms with Crippen molar-refractivity contribution in [3.63, 3.8) is 0 Å². The molecule has 3 aromatic rings. The number of carbonyl (C=O) groups excluding carboxylic acids is 1. The Labute approximate surface area is 215 Å². The maximum atomic E-state index is 13.2. The number of nitrogens with one attached hydrogen (secondary N) is 1. The number of benzene rings is 3. The van der Waals surface area contributed by atoms with Crippen LogP contribution in [0, 0.1) is 19.8 Å². The van der Waals surface area contributed by atoms with E-state index >= 15 is 0 Å². The molecule has 5 rings (SSSR count). The van der Waals surface area contributed by atoms with E-state index in [-0.39, 0.29) is 25.2 Å². The minimum atomic E-state index is -0.916. The minimum absolute atomic E-state index is 0.0501. The van der Waals surface area contributed by atoms with Crippen molar-refractivity contribution in [2.24, 2.45) is 5.92 Å². The number of carboxylic acids is 1. The molecule has 2 N–H and O–H groups in total. The van der Waals surface area contributed by atoms with E-state index in [0.29, 0.717) is 23.8 Å². The summed E-state index contributed by atoms with van der Waals surface area (Å²) >= 11 is 0. The molecule has 0 spiro atoms. The van der Waals surface area contributed by atoms with Gasteiger partial charge in [-0.1, -0.05) is 24.3 Å². The summed E-state index contributed by atoms with van der Waals surface area (Å²) < 4.78 is 16.3. The van der Waals surface area contributed by atoms with Crippen LogP contribution in [0.25, 0.3) is 0 Å². The molecule has 0 saturated carbocycles. The largest absolute Gasteiger partial charge is 0.497 e. The number of carbonyl (C=O) groups is 2. The van der Waals surface area contributed by atoms with Crippen LogP contribution in [-0.2, 0) is 9.59 Å². The van der Waals surface area contributed by atoms with Crippen molar-refractivity contribution in [3.8, 4) is 17.2 Å². The number of carboxylic acid groups (broad SMARTS) is 1. The Bertz CT molecular complexity index is 1300. The summed E-state index contributed by atoms with van der Waals surface area (Å²) in [7, 11) is 1.59. The maximum Gasteiger partial charge on any atom is 0.309 e. The van der Waals surface area contributed by atoms with Gasteiger partial charge in [-0.25, -0.2) is 0 Å². The molecule has 8 nitrogen and oxygen atoms in total. The molecular weight excluding hydrogens is 472 g/mol. The lowest BCUT2D eigenvalue weighted by Gasteiger charge is -2.27. The minimum Gasteiger partial charge on any atom is -0.497 e. The first-order valence-corrected chi connectivity index (χ1v) is 12.2. The fourth-order valence-corrected chi connectivity index (χ4v) is 5.50. The normalized spacial score (nSPS) is 20.6. The Morgan fingerprint density at radius 2 is 1.65 bits per heavy atom. The second kappa shape index (κ2) is 10.1. The summed E-state index contributed by atoms with van der Waals surface area (Å²) in [5.74, 6) is -0.311. The lowest BCUT2D eigenvalue weighted by atomic mass is 9.82. The molecule has 0 aliphatic carbocycles. The van der Waals surface area contributed by atoms with Gasteiger partial charge >= 0.3 is 5.97 Å². The van der Waals surface area contributed by atoms with Crippen molar-refractivity contribution in [3.05, 3.63) is 82.9 Å². The molecule has 3 aromatic carbocycles. The Hall–Kier alpha value is -4.04. The lowest BCUT2D eigenvalue weighted by Crippen LogP contribution is -2.35. The van der Waals surface area contributed by atoms with Crippen molar-refractivity contribution >= 4 is 17.6 Å². The zero-order chi connectivity index (χ0) is 26.1. The first-order valence-electron chi connectivity index (χ1n) is 12.2. The van der Waals surface area contributed by atoms with E-state index in [1.165, 1.54) is 0 Å². The van der Waals surface area contributed by atoms with Crippen LogP contribution in [0.4, 0.5) is 5.69 Å². The summed E-state index contributed by atoms with van der Waals surface area (Å²) in [6.07, 6.45) is 0. The molecule has 0 radical (unpaired) electrons. The molecule has 1 amide bonds. The highest BCUT2D eigenvalue weighted by molar-refractivity contribution is 5.92. The van der Waals surface area contributed by atoms with Crippen LogP contribution in [0.15, 0.2) is 60.7 Å². The molecule has 2 aliphatic heterocycles. The number of nitrogens with zero attached hydrogens (tertiary/aromatic N) is 1. The molecule has 0 aromatic heterocycles. The van der Waals surface area contributed by atoms with Gasteiger partial charge < -0.3 is 24.6 Å². The summed E-state index contributed by atoms with van der Waals surface area (Å²) in [6, 6.07) is 18.3. The van der Waals surface area contributed by atoms with Crippen molar-refractivity contribution in [2.75, 3.05) is 32.3 Å². The number of methoxy groups -OCH3 is 1. The van der Waals surface area contributed by atoms with Crippen molar-refractivity contribution < 1.29 is 28.9 Å². The number of rotatable bonds is 7. The summed E-state index contributed by atoms with van der Waals surface area (Å²) in [5.41, 5.74) is 4.50. The Balaban J connectivity index is 1.47. The maximum absolute atomic E-state index is 13.2. The highest BCUT2D eigenvalue weighted by Gasteiger charge is 2.48. The van der Waals surface area contributed by atoms with E-state index < -0.39 is 17.9 Å². The zero-order valence-corrected chi connectivity index (χ0v) is 21.1. The molecule has 3 atom stereocenters. The van der Waals surface area contributed by atoms with Crippen LogP contribution in [0.3, 0.4) is 0 Å². The third-order valence-electron chi connectivity index (χ3n) is 7.02. The van der Waals surface area contributed by atoms with Crippen LogP contribution in [-0.4, -0.2) is 48.9 Å². The SMILES string of the molecule is COc1ccc(C2C(C(=O)O)C(c3ccc4c(c3)OCO4)CN2CC(=O)Nc2cc(C)cc(C)c2)cc1. The van der Waals surface area contributed by atoms with Gasteiger partial charge in [0.15, 0.2) is 11.5 Å². The average Bonchev–Trinajstić information content (AvgIpc) is 3.47. The van der Waals surface area contributed by atoms with Gasteiger partial charge in [0, 0.05) is 24.2 Å². The lowest BCUT2D eigenvalue weighted by molar-refractivity contribution is -0.143. The van der Waals surface area contributed by atoms with Crippen molar-refractivity contribution in [1.29, 1.82) is 0 Å². The highest BCUT2D eigenvalue weighted by atomic mass is 16.7. The van der Waals surface area contributed by atoms with Crippen LogP contribution in [0.1, 0.15) is 34.2 Å². The average molecular weight is 503 g/mol. The first kappa shape index (κ1) is 24.6. The van der Waals surface area contributed by atoms with Crippen molar-refractivity contribution in [2.45, 2.75) is 25.8 Å². The third-order valence-corrected chi connectivity index (χ3v) is 7.02. The van der Waals surface area contributed by atoms with Gasteiger partial charge in [0.25, 0.3) is 0 Å². The second-order valence-corrected chi connectivity index (χ2v) is 9.66. The van der Waals surface area contributed by atoms with E-state index in [1.54, 1.807) is 7.11 Å². The van der Waals surface area contributed by atoms with Crippen LogP contribution >= 0.6 is 0 Å². The number of amides is 1. The number of ether oxygens (including phenoxy) is 3. The summed E-state index contributed by atoms with van der Waals surface area (Å²) in [5, 5.41) is 13.4. The van der Waals surface area contributed by atoms with E-state index in [2.05, 4.69) is 5.32 Å². The number of anilines is 1. The van der Waals surface area contributed by atoms with Gasteiger partial charge in [-0.05, 0) is 72.5 Å². The van der Waals surface area contributed by atoms with Gasteiger partial charge in [-0.15, -0.1) is 0 Å². The number of hydrogen-bond donors (Lipinski definition) is 2. The number of likely N-dealkylation sites (tertiary alicyclic amines) is 1. The molecule has 192 valence electrons. The molecule has 8 heteroatoms. The predicted molar refractivity (Wildman–Crippen MR) is 138 cm³/mol. The molecule has 2 heterocycles. The fourth-order valence-electron chi connectivity index (χ4n) is 5.50. The number of aliphatic carboxylic acids is 1.